The lowest BCUT2D eigenvalue weighted by Gasteiger charge is -2.26. The third-order valence-electron chi connectivity index (χ3n) is 4.72. The fraction of sp³-hybridized carbons (Fsp3) is 0.200. The SMILES string of the molecule is COc1ccc2c(c1)CCNC2C(=O)Nc1ccc(-c2cn[nH]c2)cc1F. The van der Waals surface area contributed by atoms with Crippen molar-refractivity contribution in [1.82, 2.24) is 15.5 Å². The molecule has 1 unspecified atom stereocenters. The van der Waals surface area contributed by atoms with Crippen molar-refractivity contribution in [2.45, 2.75) is 12.5 Å². The maximum absolute atomic E-state index is 14.5. The number of H-pyrrole nitrogens is 1. The summed E-state index contributed by atoms with van der Waals surface area (Å²) in [5, 5.41) is 12.4. The van der Waals surface area contributed by atoms with Crippen LogP contribution >= 0.6 is 0 Å². The van der Waals surface area contributed by atoms with E-state index in [0.717, 1.165) is 28.9 Å². The maximum atomic E-state index is 14.5. The lowest BCUT2D eigenvalue weighted by atomic mass is 9.93. The Kier molecular flexibility index (Phi) is 4.60. The van der Waals surface area contributed by atoms with E-state index in [-0.39, 0.29) is 11.6 Å². The van der Waals surface area contributed by atoms with Gasteiger partial charge in [0.1, 0.15) is 17.6 Å². The zero-order valence-corrected chi connectivity index (χ0v) is 14.8. The van der Waals surface area contributed by atoms with Crippen molar-refractivity contribution in [1.29, 1.82) is 0 Å². The quantitative estimate of drug-likeness (QED) is 0.663. The Labute approximate surface area is 155 Å². The van der Waals surface area contributed by atoms with Gasteiger partial charge in [0.15, 0.2) is 0 Å². The summed E-state index contributed by atoms with van der Waals surface area (Å²) in [6, 6.07) is 9.80. The Hall–Kier alpha value is -3.19. The minimum absolute atomic E-state index is 0.148. The first kappa shape index (κ1) is 17.2. The summed E-state index contributed by atoms with van der Waals surface area (Å²) in [6.45, 7) is 0.667. The number of carbonyl (C=O) groups is 1. The number of nitrogens with one attached hydrogen (secondary N) is 3. The van der Waals surface area contributed by atoms with E-state index in [0.29, 0.717) is 12.1 Å². The molecule has 1 aliphatic rings. The molecule has 1 aliphatic heterocycles. The first-order valence-corrected chi connectivity index (χ1v) is 8.65. The number of nitrogens with zero attached hydrogens (tertiary/aromatic N) is 1. The fourth-order valence-electron chi connectivity index (χ4n) is 3.31. The molecule has 0 radical (unpaired) electrons. The van der Waals surface area contributed by atoms with Gasteiger partial charge in [-0.3, -0.25) is 9.89 Å². The van der Waals surface area contributed by atoms with E-state index < -0.39 is 11.9 Å². The predicted molar refractivity (Wildman–Crippen MR) is 100 cm³/mol. The standard InChI is InChI=1S/C20H19FN4O2/c1-27-15-3-4-16-13(8-15)6-7-22-19(16)20(26)25-18-5-2-12(9-17(18)21)14-10-23-24-11-14/h2-5,8-11,19,22H,6-7H2,1H3,(H,23,24)(H,25,26). The average Bonchev–Trinajstić information content (AvgIpc) is 3.23. The van der Waals surface area contributed by atoms with E-state index in [1.54, 1.807) is 31.6 Å². The van der Waals surface area contributed by atoms with E-state index in [9.17, 15) is 9.18 Å². The van der Waals surface area contributed by atoms with Gasteiger partial charge < -0.3 is 15.4 Å². The second-order valence-electron chi connectivity index (χ2n) is 6.37. The molecule has 7 heteroatoms. The van der Waals surface area contributed by atoms with Crippen LogP contribution in [0, 0.1) is 5.82 Å². The molecule has 0 fully saturated rings. The van der Waals surface area contributed by atoms with Crippen molar-refractivity contribution in [2.75, 3.05) is 19.0 Å². The number of benzene rings is 2. The number of amides is 1. The van der Waals surface area contributed by atoms with E-state index in [4.69, 9.17) is 4.74 Å². The number of aromatic nitrogens is 2. The summed E-state index contributed by atoms with van der Waals surface area (Å²) < 4.78 is 19.7. The van der Waals surface area contributed by atoms with Gasteiger partial charge in [-0.15, -0.1) is 0 Å². The number of anilines is 1. The number of hydrogen-bond donors (Lipinski definition) is 3. The molecular formula is C20H19FN4O2. The highest BCUT2D eigenvalue weighted by atomic mass is 19.1. The number of halogens is 1. The number of hydrogen-bond acceptors (Lipinski definition) is 4. The number of carbonyl (C=O) groups excluding carboxylic acids is 1. The molecule has 138 valence electrons. The van der Waals surface area contributed by atoms with Crippen LogP contribution in [-0.2, 0) is 11.2 Å². The molecule has 27 heavy (non-hydrogen) atoms. The topological polar surface area (TPSA) is 79.0 Å². The average molecular weight is 366 g/mol. The first-order valence-electron chi connectivity index (χ1n) is 8.65. The summed E-state index contributed by atoms with van der Waals surface area (Å²) in [5.74, 6) is -0.0282. The van der Waals surface area contributed by atoms with Crippen LogP contribution in [0.15, 0.2) is 48.8 Å². The largest absolute Gasteiger partial charge is 0.497 e. The molecule has 2 aromatic carbocycles. The van der Waals surface area contributed by atoms with Crippen LogP contribution in [0.25, 0.3) is 11.1 Å². The first-order chi connectivity index (χ1) is 13.2. The molecule has 1 atom stereocenters. The molecule has 3 aromatic rings. The number of aromatic amines is 1. The fourth-order valence-corrected chi connectivity index (χ4v) is 3.31. The van der Waals surface area contributed by atoms with Gasteiger partial charge >= 0.3 is 0 Å². The van der Waals surface area contributed by atoms with Crippen molar-refractivity contribution >= 4 is 11.6 Å². The molecule has 6 nitrogen and oxygen atoms in total. The monoisotopic (exact) mass is 366 g/mol. The molecule has 0 saturated carbocycles. The Morgan fingerprint density at radius 1 is 1.26 bits per heavy atom. The highest BCUT2D eigenvalue weighted by Gasteiger charge is 2.27. The molecule has 0 aliphatic carbocycles. The van der Waals surface area contributed by atoms with Gasteiger partial charge in [0.25, 0.3) is 0 Å². The molecule has 3 N–H and O–H groups in total. The van der Waals surface area contributed by atoms with E-state index >= 15 is 0 Å². The van der Waals surface area contributed by atoms with Gasteiger partial charge in [0.2, 0.25) is 5.91 Å². The summed E-state index contributed by atoms with van der Waals surface area (Å²) in [5.41, 5.74) is 3.56. The second-order valence-corrected chi connectivity index (χ2v) is 6.37. The maximum Gasteiger partial charge on any atom is 0.246 e. The Bertz CT molecular complexity index is 972. The zero-order chi connectivity index (χ0) is 18.8. The normalized spacial score (nSPS) is 15.9. The Morgan fingerprint density at radius 3 is 2.89 bits per heavy atom. The second kappa shape index (κ2) is 7.20. The smallest absolute Gasteiger partial charge is 0.246 e. The highest BCUT2D eigenvalue weighted by molar-refractivity contribution is 5.96. The van der Waals surface area contributed by atoms with E-state index in [1.807, 2.05) is 18.2 Å². The molecule has 4 rings (SSSR count). The lowest BCUT2D eigenvalue weighted by molar-refractivity contribution is -0.118. The molecule has 1 aromatic heterocycles. The van der Waals surface area contributed by atoms with Crippen molar-refractivity contribution < 1.29 is 13.9 Å². The Balaban J connectivity index is 1.55. The summed E-state index contributed by atoms with van der Waals surface area (Å²) in [7, 11) is 1.61. The Morgan fingerprint density at radius 2 is 2.15 bits per heavy atom. The minimum atomic E-state index is -0.535. The summed E-state index contributed by atoms with van der Waals surface area (Å²) >= 11 is 0. The van der Waals surface area contributed by atoms with Crippen molar-refractivity contribution in [3.05, 3.63) is 65.7 Å². The third-order valence-corrected chi connectivity index (χ3v) is 4.72. The number of fused-ring (bicyclic) bond motifs is 1. The van der Waals surface area contributed by atoms with Gasteiger partial charge in [-0.25, -0.2) is 4.39 Å². The van der Waals surface area contributed by atoms with Crippen LogP contribution in [0.4, 0.5) is 10.1 Å². The van der Waals surface area contributed by atoms with Crippen LogP contribution in [0.2, 0.25) is 0 Å². The van der Waals surface area contributed by atoms with Gasteiger partial charge in [-0.2, -0.15) is 5.10 Å². The van der Waals surface area contributed by atoms with Crippen LogP contribution in [0.3, 0.4) is 0 Å². The van der Waals surface area contributed by atoms with E-state index in [2.05, 4.69) is 20.8 Å². The third kappa shape index (κ3) is 3.41. The van der Waals surface area contributed by atoms with Crippen LogP contribution < -0.4 is 15.4 Å². The number of ether oxygens (including phenoxy) is 1. The van der Waals surface area contributed by atoms with Gasteiger partial charge in [-0.05, 0) is 47.4 Å². The molecule has 0 bridgehead atoms. The molecule has 0 spiro atoms. The van der Waals surface area contributed by atoms with Gasteiger partial charge in [-0.1, -0.05) is 12.1 Å². The lowest BCUT2D eigenvalue weighted by Crippen LogP contribution is -2.38. The summed E-state index contributed by atoms with van der Waals surface area (Å²) in [4.78, 5) is 12.8. The number of rotatable bonds is 4. The molecule has 2 heterocycles. The van der Waals surface area contributed by atoms with Gasteiger partial charge in [0.05, 0.1) is 19.0 Å². The van der Waals surface area contributed by atoms with Crippen LogP contribution in [0.5, 0.6) is 5.75 Å². The predicted octanol–water partition coefficient (Wildman–Crippen LogP) is 3.05. The summed E-state index contributed by atoms with van der Waals surface area (Å²) in [6.07, 6.45) is 4.11. The van der Waals surface area contributed by atoms with Gasteiger partial charge in [0, 0.05) is 18.3 Å². The van der Waals surface area contributed by atoms with Crippen LogP contribution in [0.1, 0.15) is 17.2 Å². The number of methoxy groups -OCH3 is 1. The van der Waals surface area contributed by atoms with Crippen molar-refractivity contribution in [2.24, 2.45) is 0 Å². The molecule has 0 saturated heterocycles. The zero-order valence-electron chi connectivity index (χ0n) is 14.8. The van der Waals surface area contributed by atoms with Crippen LogP contribution in [-0.4, -0.2) is 29.8 Å². The van der Waals surface area contributed by atoms with Crippen molar-refractivity contribution in [3.8, 4) is 16.9 Å². The van der Waals surface area contributed by atoms with E-state index in [1.165, 1.54) is 6.07 Å². The van der Waals surface area contributed by atoms with Crippen molar-refractivity contribution in [3.63, 3.8) is 0 Å². The molecular weight excluding hydrogens is 347 g/mol. The minimum Gasteiger partial charge on any atom is -0.497 e. The highest BCUT2D eigenvalue weighted by Crippen LogP contribution is 2.29. The molecule has 1 amide bonds.